The number of aliphatic hydroxyl groups is 1. The first-order chi connectivity index (χ1) is 14.9. The first kappa shape index (κ1) is 22.7. The van der Waals surface area contributed by atoms with Gasteiger partial charge in [0.25, 0.3) is 0 Å². The highest BCUT2D eigenvalue weighted by Crippen LogP contribution is 2.30. The second-order valence-electron chi connectivity index (χ2n) is 7.15. The van der Waals surface area contributed by atoms with Gasteiger partial charge in [0, 0.05) is 5.56 Å². The van der Waals surface area contributed by atoms with Gasteiger partial charge in [-0.2, -0.15) is 4.39 Å². The molecule has 0 aliphatic rings. The molecule has 6 heteroatoms. The molecule has 1 atom stereocenters. The molecule has 0 spiro atoms. The first-order valence-corrected chi connectivity index (χ1v) is 10.2. The van der Waals surface area contributed by atoms with Gasteiger partial charge < -0.3 is 14.6 Å². The Bertz CT molecular complexity index is 1020. The molecule has 0 saturated heterocycles. The Morgan fingerprint density at radius 1 is 0.806 bits per heavy atom. The van der Waals surface area contributed by atoms with Crippen LogP contribution < -0.4 is 9.47 Å². The number of ether oxygens (including phenoxy) is 2. The summed E-state index contributed by atoms with van der Waals surface area (Å²) in [5.41, 5.74) is 2.17. The Kier molecular flexibility index (Phi) is 7.58. The Morgan fingerprint density at radius 2 is 1.48 bits per heavy atom. The lowest BCUT2D eigenvalue weighted by Crippen LogP contribution is -2.05. The molecule has 0 aliphatic carbocycles. The van der Waals surface area contributed by atoms with E-state index in [9.17, 15) is 18.3 Å². The van der Waals surface area contributed by atoms with Gasteiger partial charge in [0.05, 0.1) is 12.7 Å². The SMILES string of the molecule is CCCC(O)c1ccc(OCc2ccc(-c3ccc(OCC)c(F)c3)cc2)c(F)c1F. The van der Waals surface area contributed by atoms with Gasteiger partial charge in [-0.25, -0.2) is 8.78 Å². The topological polar surface area (TPSA) is 38.7 Å². The van der Waals surface area contributed by atoms with E-state index in [1.54, 1.807) is 43.3 Å². The molecule has 1 unspecified atom stereocenters. The van der Waals surface area contributed by atoms with Crippen LogP contribution in [-0.4, -0.2) is 11.7 Å². The fourth-order valence-corrected chi connectivity index (χ4v) is 3.25. The minimum Gasteiger partial charge on any atom is -0.491 e. The highest BCUT2D eigenvalue weighted by atomic mass is 19.2. The molecule has 0 aliphatic heterocycles. The van der Waals surface area contributed by atoms with E-state index in [1.807, 2.05) is 6.92 Å². The molecule has 3 nitrogen and oxygen atoms in total. The maximum absolute atomic E-state index is 14.3. The van der Waals surface area contributed by atoms with E-state index in [2.05, 4.69) is 0 Å². The second-order valence-corrected chi connectivity index (χ2v) is 7.15. The van der Waals surface area contributed by atoms with Gasteiger partial charge in [0.2, 0.25) is 5.82 Å². The smallest absolute Gasteiger partial charge is 0.201 e. The zero-order chi connectivity index (χ0) is 22.4. The van der Waals surface area contributed by atoms with Crippen molar-refractivity contribution in [3.63, 3.8) is 0 Å². The van der Waals surface area contributed by atoms with Gasteiger partial charge in [-0.05, 0) is 54.3 Å². The zero-order valence-electron chi connectivity index (χ0n) is 17.5. The lowest BCUT2D eigenvalue weighted by Gasteiger charge is -2.14. The van der Waals surface area contributed by atoms with E-state index in [0.717, 1.165) is 11.1 Å². The average molecular weight is 430 g/mol. The zero-order valence-corrected chi connectivity index (χ0v) is 17.5. The van der Waals surface area contributed by atoms with Crippen LogP contribution in [-0.2, 0) is 6.61 Å². The lowest BCUT2D eigenvalue weighted by molar-refractivity contribution is 0.160. The number of hydrogen-bond donors (Lipinski definition) is 1. The van der Waals surface area contributed by atoms with Gasteiger partial charge in [-0.3, -0.25) is 0 Å². The van der Waals surface area contributed by atoms with E-state index < -0.39 is 23.6 Å². The van der Waals surface area contributed by atoms with Crippen LogP contribution in [0.1, 0.15) is 43.9 Å². The monoisotopic (exact) mass is 430 g/mol. The molecule has 31 heavy (non-hydrogen) atoms. The maximum atomic E-state index is 14.3. The van der Waals surface area contributed by atoms with Crippen molar-refractivity contribution in [3.05, 3.63) is 83.2 Å². The summed E-state index contributed by atoms with van der Waals surface area (Å²) < 4.78 is 53.3. The van der Waals surface area contributed by atoms with Crippen molar-refractivity contribution < 1.29 is 27.8 Å². The molecule has 0 saturated carbocycles. The molecule has 0 aromatic heterocycles. The van der Waals surface area contributed by atoms with Crippen molar-refractivity contribution in [2.24, 2.45) is 0 Å². The molecular formula is C25H25F3O3. The van der Waals surface area contributed by atoms with Crippen LogP contribution in [0.5, 0.6) is 11.5 Å². The number of aliphatic hydroxyl groups excluding tert-OH is 1. The van der Waals surface area contributed by atoms with Gasteiger partial charge in [0.1, 0.15) is 6.61 Å². The molecule has 0 bridgehead atoms. The van der Waals surface area contributed by atoms with Crippen molar-refractivity contribution >= 4 is 0 Å². The Labute approximate surface area is 180 Å². The summed E-state index contributed by atoms with van der Waals surface area (Å²) in [7, 11) is 0. The summed E-state index contributed by atoms with van der Waals surface area (Å²) >= 11 is 0. The summed E-state index contributed by atoms with van der Waals surface area (Å²) in [6.45, 7) is 4.06. The van der Waals surface area contributed by atoms with Crippen molar-refractivity contribution in [2.45, 2.75) is 39.4 Å². The molecule has 0 heterocycles. The van der Waals surface area contributed by atoms with E-state index in [1.165, 1.54) is 18.2 Å². The quantitative estimate of drug-likeness (QED) is 0.417. The molecule has 0 radical (unpaired) electrons. The second kappa shape index (κ2) is 10.4. The van der Waals surface area contributed by atoms with Crippen molar-refractivity contribution in [3.8, 4) is 22.6 Å². The maximum Gasteiger partial charge on any atom is 0.201 e. The molecule has 0 amide bonds. The molecule has 3 rings (SSSR count). The van der Waals surface area contributed by atoms with E-state index >= 15 is 0 Å². The van der Waals surface area contributed by atoms with Crippen LogP contribution in [0.4, 0.5) is 13.2 Å². The molecule has 164 valence electrons. The standard InChI is InChI=1S/C25H25F3O3/c1-3-5-21(29)19-11-13-23(25(28)24(19)27)31-15-16-6-8-17(9-7-16)18-10-12-22(30-4-2)20(26)14-18/h6-14,21,29H,3-5,15H2,1-2H3. The lowest BCUT2D eigenvalue weighted by atomic mass is 10.0. The predicted molar refractivity (Wildman–Crippen MR) is 114 cm³/mol. The third-order valence-corrected chi connectivity index (χ3v) is 4.91. The van der Waals surface area contributed by atoms with E-state index in [0.29, 0.717) is 25.0 Å². The minimum atomic E-state index is -1.12. The number of rotatable bonds is 9. The first-order valence-electron chi connectivity index (χ1n) is 10.2. The molecule has 1 N–H and O–H groups in total. The normalized spacial score (nSPS) is 11.9. The fourth-order valence-electron chi connectivity index (χ4n) is 3.25. The van der Waals surface area contributed by atoms with Crippen LogP contribution in [0.15, 0.2) is 54.6 Å². The summed E-state index contributed by atoms with van der Waals surface area (Å²) in [5, 5.41) is 9.93. The van der Waals surface area contributed by atoms with Crippen molar-refractivity contribution in [1.29, 1.82) is 0 Å². The Morgan fingerprint density at radius 3 is 2.13 bits per heavy atom. The van der Waals surface area contributed by atoms with Crippen LogP contribution in [0.2, 0.25) is 0 Å². The predicted octanol–water partition coefficient (Wildman–Crippen LogP) is 6.58. The molecule has 0 fully saturated rings. The number of hydrogen-bond acceptors (Lipinski definition) is 3. The largest absolute Gasteiger partial charge is 0.491 e. The van der Waals surface area contributed by atoms with E-state index in [-0.39, 0.29) is 23.7 Å². The van der Waals surface area contributed by atoms with Crippen LogP contribution >= 0.6 is 0 Å². The van der Waals surface area contributed by atoms with Crippen LogP contribution in [0.25, 0.3) is 11.1 Å². The fraction of sp³-hybridized carbons (Fsp3) is 0.280. The summed E-state index contributed by atoms with van der Waals surface area (Å²) in [5.74, 6) is -2.65. The Balaban J connectivity index is 1.68. The van der Waals surface area contributed by atoms with Gasteiger partial charge in [-0.1, -0.05) is 43.7 Å². The third kappa shape index (κ3) is 5.39. The summed E-state index contributed by atoms with van der Waals surface area (Å²) in [6.07, 6.45) is -0.0467. The van der Waals surface area contributed by atoms with Gasteiger partial charge in [0.15, 0.2) is 23.1 Å². The van der Waals surface area contributed by atoms with Crippen LogP contribution in [0, 0.1) is 17.5 Å². The molecule has 3 aromatic rings. The molecular weight excluding hydrogens is 405 g/mol. The highest BCUT2D eigenvalue weighted by Gasteiger charge is 2.19. The third-order valence-electron chi connectivity index (χ3n) is 4.91. The van der Waals surface area contributed by atoms with Gasteiger partial charge in [-0.15, -0.1) is 0 Å². The van der Waals surface area contributed by atoms with Gasteiger partial charge >= 0.3 is 0 Å². The highest BCUT2D eigenvalue weighted by molar-refractivity contribution is 5.64. The number of halogens is 3. The van der Waals surface area contributed by atoms with Crippen LogP contribution in [0.3, 0.4) is 0 Å². The van der Waals surface area contributed by atoms with Crippen molar-refractivity contribution in [1.82, 2.24) is 0 Å². The Hall–Kier alpha value is -2.99. The number of benzene rings is 3. The molecule has 3 aromatic carbocycles. The minimum absolute atomic E-state index is 0.0329. The summed E-state index contributed by atoms with van der Waals surface area (Å²) in [6, 6.07) is 14.6. The average Bonchev–Trinajstić information content (AvgIpc) is 2.77. The van der Waals surface area contributed by atoms with E-state index in [4.69, 9.17) is 9.47 Å². The summed E-state index contributed by atoms with van der Waals surface area (Å²) in [4.78, 5) is 0. The van der Waals surface area contributed by atoms with Crippen molar-refractivity contribution in [2.75, 3.05) is 6.61 Å².